The van der Waals surface area contributed by atoms with Gasteiger partial charge in [-0.15, -0.1) is 0 Å². The van der Waals surface area contributed by atoms with Crippen molar-refractivity contribution in [3.05, 3.63) is 48.6 Å². The fraction of sp³-hybridized carbons (Fsp3) is 0.0714. The van der Waals surface area contributed by atoms with Crippen LogP contribution >= 0.6 is 0 Å². The lowest BCUT2D eigenvalue weighted by molar-refractivity contribution is -0.112. The SMILES string of the molecule is C=C(C)C(=O)Nc1ccc2c(O)cccc2c1. The van der Waals surface area contributed by atoms with Crippen LogP contribution < -0.4 is 5.32 Å². The van der Waals surface area contributed by atoms with E-state index < -0.39 is 0 Å². The summed E-state index contributed by atoms with van der Waals surface area (Å²) in [6.45, 7) is 5.23. The van der Waals surface area contributed by atoms with Gasteiger partial charge in [0, 0.05) is 16.6 Å². The third-order valence-electron chi connectivity index (χ3n) is 2.50. The Labute approximate surface area is 99.4 Å². The van der Waals surface area contributed by atoms with E-state index in [1.54, 1.807) is 31.2 Å². The molecule has 0 aliphatic heterocycles. The Morgan fingerprint density at radius 1 is 1.29 bits per heavy atom. The standard InChI is InChI=1S/C14H13NO2/c1-9(2)14(17)15-11-6-7-12-10(8-11)4-3-5-13(12)16/h3-8,16H,1H2,2H3,(H,15,17). The van der Waals surface area contributed by atoms with Crippen molar-refractivity contribution in [2.75, 3.05) is 5.32 Å². The molecule has 86 valence electrons. The minimum atomic E-state index is -0.204. The highest BCUT2D eigenvalue weighted by Gasteiger charge is 2.04. The highest BCUT2D eigenvalue weighted by atomic mass is 16.3. The molecular formula is C14H13NO2. The summed E-state index contributed by atoms with van der Waals surface area (Å²) in [6.07, 6.45) is 0. The fourth-order valence-electron chi connectivity index (χ4n) is 1.58. The number of carbonyl (C=O) groups excluding carboxylic acids is 1. The predicted octanol–water partition coefficient (Wildman–Crippen LogP) is 3.06. The zero-order valence-corrected chi connectivity index (χ0v) is 9.53. The number of amides is 1. The Bertz CT molecular complexity index is 602. The first kappa shape index (κ1) is 11.2. The molecule has 0 spiro atoms. The number of aromatic hydroxyl groups is 1. The average Bonchev–Trinajstić information content (AvgIpc) is 2.29. The van der Waals surface area contributed by atoms with Crippen molar-refractivity contribution in [2.24, 2.45) is 0 Å². The summed E-state index contributed by atoms with van der Waals surface area (Å²) in [6, 6.07) is 10.6. The molecule has 0 aromatic heterocycles. The van der Waals surface area contributed by atoms with Crippen molar-refractivity contribution in [3.8, 4) is 5.75 Å². The molecule has 0 atom stereocenters. The van der Waals surface area contributed by atoms with Crippen LogP contribution in [0.1, 0.15) is 6.92 Å². The molecule has 0 aliphatic rings. The fourth-order valence-corrected chi connectivity index (χ4v) is 1.58. The highest BCUT2D eigenvalue weighted by molar-refractivity contribution is 6.04. The quantitative estimate of drug-likeness (QED) is 0.774. The maximum absolute atomic E-state index is 11.5. The second-order valence-electron chi connectivity index (χ2n) is 3.95. The number of anilines is 1. The van der Waals surface area contributed by atoms with E-state index in [0.717, 1.165) is 10.8 Å². The number of rotatable bonds is 2. The van der Waals surface area contributed by atoms with Gasteiger partial charge in [0.05, 0.1) is 0 Å². The third-order valence-corrected chi connectivity index (χ3v) is 2.50. The van der Waals surface area contributed by atoms with Gasteiger partial charge in [-0.3, -0.25) is 4.79 Å². The highest BCUT2D eigenvalue weighted by Crippen LogP contribution is 2.26. The van der Waals surface area contributed by atoms with Gasteiger partial charge in [0.1, 0.15) is 5.75 Å². The Kier molecular flexibility index (Phi) is 2.83. The summed E-state index contributed by atoms with van der Waals surface area (Å²) >= 11 is 0. The number of benzene rings is 2. The van der Waals surface area contributed by atoms with Crippen LogP contribution in [0.3, 0.4) is 0 Å². The molecule has 2 aromatic rings. The van der Waals surface area contributed by atoms with Crippen LogP contribution in [0.4, 0.5) is 5.69 Å². The van der Waals surface area contributed by atoms with E-state index in [0.29, 0.717) is 11.3 Å². The predicted molar refractivity (Wildman–Crippen MR) is 69.1 cm³/mol. The van der Waals surface area contributed by atoms with Crippen LogP contribution in [-0.2, 0) is 4.79 Å². The molecule has 0 bridgehead atoms. The molecule has 2 aromatic carbocycles. The van der Waals surface area contributed by atoms with E-state index in [4.69, 9.17) is 0 Å². The maximum atomic E-state index is 11.5. The lowest BCUT2D eigenvalue weighted by Crippen LogP contribution is -2.11. The third kappa shape index (κ3) is 2.28. The van der Waals surface area contributed by atoms with Crippen LogP contribution in [0.15, 0.2) is 48.6 Å². The van der Waals surface area contributed by atoms with Gasteiger partial charge in [-0.05, 0) is 36.6 Å². The summed E-state index contributed by atoms with van der Waals surface area (Å²) < 4.78 is 0. The van der Waals surface area contributed by atoms with Crippen LogP contribution in [-0.4, -0.2) is 11.0 Å². The largest absolute Gasteiger partial charge is 0.507 e. The maximum Gasteiger partial charge on any atom is 0.250 e. The second kappa shape index (κ2) is 4.29. The Hall–Kier alpha value is -2.29. The zero-order chi connectivity index (χ0) is 12.4. The Morgan fingerprint density at radius 3 is 2.76 bits per heavy atom. The Morgan fingerprint density at radius 2 is 2.06 bits per heavy atom. The molecule has 0 aliphatic carbocycles. The van der Waals surface area contributed by atoms with E-state index in [9.17, 15) is 9.90 Å². The molecule has 3 nitrogen and oxygen atoms in total. The van der Waals surface area contributed by atoms with E-state index in [-0.39, 0.29) is 11.7 Å². The van der Waals surface area contributed by atoms with Crippen LogP contribution in [0, 0.1) is 0 Å². The second-order valence-corrected chi connectivity index (χ2v) is 3.95. The number of carbonyl (C=O) groups is 1. The van der Waals surface area contributed by atoms with Gasteiger partial charge >= 0.3 is 0 Å². The topological polar surface area (TPSA) is 49.3 Å². The first-order valence-electron chi connectivity index (χ1n) is 5.26. The zero-order valence-electron chi connectivity index (χ0n) is 9.53. The van der Waals surface area contributed by atoms with Crippen molar-refractivity contribution in [1.82, 2.24) is 0 Å². The van der Waals surface area contributed by atoms with Crippen LogP contribution in [0.5, 0.6) is 5.75 Å². The first-order valence-corrected chi connectivity index (χ1v) is 5.26. The van der Waals surface area contributed by atoms with E-state index in [2.05, 4.69) is 11.9 Å². The number of phenols is 1. The summed E-state index contributed by atoms with van der Waals surface area (Å²) in [5.41, 5.74) is 1.15. The molecule has 2 N–H and O–H groups in total. The normalized spacial score (nSPS) is 10.2. The number of hydrogen-bond acceptors (Lipinski definition) is 2. The minimum Gasteiger partial charge on any atom is -0.507 e. The molecule has 0 fully saturated rings. The van der Waals surface area contributed by atoms with E-state index in [1.165, 1.54) is 0 Å². The monoisotopic (exact) mass is 227 g/mol. The van der Waals surface area contributed by atoms with Gasteiger partial charge in [0.15, 0.2) is 0 Å². The molecule has 0 heterocycles. The molecule has 1 amide bonds. The van der Waals surface area contributed by atoms with E-state index >= 15 is 0 Å². The molecule has 0 saturated carbocycles. The van der Waals surface area contributed by atoms with Gasteiger partial charge < -0.3 is 10.4 Å². The van der Waals surface area contributed by atoms with Crippen molar-refractivity contribution in [3.63, 3.8) is 0 Å². The van der Waals surface area contributed by atoms with Gasteiger partial charge in [0.2, 0.25) is 0 Å². The van der Waals surface area contributed by atoms with Crippen LogP contribution in [0.2, 0.25) is 0 Å². The van der Waals surface area contributed by atoms with Crippen molar-refractivity contribution in [1.29, 1.82) is 0 Å². The lowest BCUT2D eigenvalue weighted by Gasteiger charge is -2.06. The van der Waals surface area contributed by atoms with Crippen molar-refractivity contribution < 1.29 is 9.90 Å². The lowest BCUT2D eigenvalue weighted by atomic mass is 10.1. The first-order chi connectivity index (χ1) is 8.08. The van der Waals surface area contributed by atoms with Crippen molar-refractivity contribution >= 4 is 22.4 Å². The number of phenolic OH excluding ortho intramolecular Hbond substituents is 1. The minimum absolute atomic E-state index is 0.204. The summed E-state index contributed by atoms with van der Waals surface area (Å²) in [7, 11) is 0. The molecule has 0 unspecified atom stereocenters. The van der Waals surface area contributed by atoms with E-state index in [1.807, 2.05) is 12.1 Å². The summed E-state index contributed by atoms with van der Waals surface area (Å²) in [5.74, 6) is 0.0322. The molecule has 17 heavy (non-hydrogen) atoms. The molecule has 0 radical (unpaired) electrons. The molecule has 3 heteroatoms. The number of fused-ring (bicyclic) bond motifs is 1. The molecular weight excluding hydrogens is 214 g/mol. The summed E-state index contributed by atoms with van der Waals surface area (Å²) in [4.78, 5) is 11.5. The average molecular weight is 227 g/mol. The molecule has 2 rings (SSSR count). The number of hydrogen-bond donors (Lipinski definition) is 2. The van der Waals surface area contributed by atoms with Gasteiger partial charge in [-0.25, -0.2) is 0 Å². The van der Waals surface area contributed by atoms with Crippen molar-refractivity contribution in [2.45, 2.75) is 6.92 Å². The summed E-state index contributed by atoms with van der Waals surface area (Å²) in [5, 5.41) is 14.0. The van der Waals surface area contributed by atoms with Crippen LogP contribution in [0.25, 0.3) is 10.8 Å². The smallest absolute Gasteiger partial charge is 0.250 e. The van der Waals surface area contributed by atoms with Gasteiger partial charge in [-0.1, -0.05) is 18.7 Å². The Balaban J connectivity index is 2.39. The van der Waals surface area contributed by atoms with Gasteiger partial charge in [-0.2, -0.15) is 0 Å². The number of nitrogens with one attached hydrogen (secondary N) is 1. The molecule has 0 saturated heterocycles. The van der Waals surface area contributed by atoms with Gasteiger partial charge in [0.25, 0.3) is 5.91 Å².